The molecule has 3 aromatic carbocycles. The van der Waals surface area contributed by atoms with E-state index in [0.717, 1.165) is 18.3 Å². The lowest BCUT2D eigenvalue weighted by Gasteiger charge is -2.28. The smallest absolute Gasteiger partial charge is 0.170 e. The van der Waals surface area contributed by atoms with Crippen molar-refractivity contribution in [1.29, 1.82) is 0 Å². The van der Waals surface area contributed by atoms with Gasteiger partial charge in [0.05, 0.1) is 5.39 Å². The fourth-order valence-corrected chi connectivity index (χ4v) is 5.45. The summed E-state index contributed by atoms with van der Waals surface area (Å²) in [6, 6.07) is 12.6. The minimum absolute atomic E-state index is 0.121. The maximum Gasteiger partial charge on any atom is 0.170 e. The Balaban J connectivity index is 1.42. The van der Waals surface area contributed by atoms with Crippen LogP contribution in [-0.2, 0) is 6.42 Å². The number of rotatable bonds is 8. The molecule has 0 saturated heterocycles. The summed E-state index contributed by atoms with van der Waals surface area (Å²) in [5.41, 5.74) is 2.32. The number of halogens is 3. The normalized spacial score (nSPS) is 18.8. The van der Waals surface area contributed by atoms with Gasteiger partial charge in [-0.2, -0.15) is 0 Å². The number of allylic oxidation sites excluding steroid dienone is 3. The summed E-state index contributed by atoms with van der Waals surface area (Å²) >= 11 is 0. The molecular formula is C32H35F3. The van der Waals surface area contributed by atoms with Gasteiger partial charge in [-0.15, -0.1) is 0 Å². The van der Waals surface area contributed by atoms with Crippen LogP contribution in [0.4, 0.5) is 13.2 Å². The van der Waals surface area contributed by atoms with Gasteiger partial charge < -0.3 is 0 Å². The molecule has 35 heavy (non-hydrogen) atoms. The van der Waals surface area contributed by atoms with E-state index in [9.17, 15) is 8.78 Å². The molecule has 0 amide bonds. The van der Waals surface area contributed by atoms with Crippen molar-refractivity contribution < 1.29 is 13.2 Å². The summed E-state index contributed by atoms with van der Waals surface area (Å²) in [6.45, 7) is 3.82. The third-order valence-corrected chi connectivity index (χ3v) is 7.55. The molecule has 1 saturated carbocycles. The first-order valence-electron chi connectivity index (χ1n) is 12.9. The van der Waals surface area contributed by atoms with Gasteiger partial charge in [0, 0.05) is 11.1 Å². The number of aryl methyl sites for hydroxylation is 1. The first-order chi connectivity index (χ1) is 17.0. The van der Waals surface area contributed by atoms with Gasteiger partial charge in [-0.1, -0.05) is 86.4 Å². The molecule has 0 spiro atoms. The molecule has 0 N–H and O–H groups in total. The molecule has 0 aliphatic heterocycles. The molecule has 0 radical (unpaired) electrons. The van der Waals surface area contributed by atoms with Gasteiger partial charge in [0.2, 0.25) is 0 Å². The molecule has 0 unspecified atom stereocenters. The molecule has 3 aromatic rings. The Bertz CT molecular complexity index is 1200. The Morgan fingerprint density at radius 1 is 0.771 bits per heavy atom. The highest BCUT2D eigenvalue weighted by atomic mass is 19.2. The van der Waals surface area contributed by atoms with E-state index < -0.39 is 17.5 Å². The van der Waals surface area contributed by atoms with Gasteiger partial charge in [0.15, 0.2) is 11.6 Å². The van der Waals surface area contributed by atoms with Crippen LogP contribution in [-0.4, -0.2) is 0 Å². The van der Waals surface area contributed by atoms with Crippen molar-refractivity contribution in [3.63, 3.8) is 0 Å². The van der Waals surface area contributed by atoms with Crippen LogP contribution in [0.15, 0.2) is 60.7 Å². The second kappa shape index (κ2) is 11.7. The minimum atomic E-state index is -1.14. The second-order valence-electron chi connectivity index (χ2n) is 9.89. The number of benzene rings is 3. The van der Waals surface area contributed by atoms with E-state index in [1.54, 1.807) is 25.1 Å². The zero-order chi connectivity index (χ0) is 24.8. The molecular weight excluding hydrogens is 441 g/mol. The first kappa shape index (κ1) is 25.3. The van der Waals surface area contributed by atoms with Crippen LogP contribution in [0, 0.1) is 29.3 Å². The van der Waals surface area contributed by atoms with E-state index in [1.807, 2.05) is 24.3 Å². The number of hydrogen-bond donors (Lipinski definition) is 0. The summed E-state index contributed by atoms with van der Waals surface area (Å²) in [5.74, 6) is -1.20. The highest BCUT2D eigenvalue weighted by Crippen LogP contribution is 2.35. The van der Waals surface area contributed by atoms with Crippen LogP contribution in [0.2, 0.25) is 0 Å². The van der Waals surface area contributed by atoms with E-state index >= 15 is 4.39 Å². The Hall–Kier alpha value is -2.81. The Labute approximate surface area is 207 Å². The van der Waals surface area contributed by atoms with Gasteiger partial charge in [0.1, 0.15) is 5.82 Å². The summed E-state index contributed by atoms with van der Waals surface area (Å²) in [5, 5.41) is 0.0602. The van der Waals surface area contributed by atoms with E-state index in [0.29, 0.717) is 10.9 Å². The van der Waals surface area contributed by atoms with Crippen LogP contribution in [0.1, 0.15) is 69.9 Å². The predicted octanol–water partition coefficient (Wildman–Crippen LogP) is 10.1. The fourth-order valence-electron chi connectivity index (χ4n) is 5.45. The van der Waals surface area contributed by atoms with E-state index in [4.69, 9.17) is 0 Å². The van der Waals surface area contributed by atoms with Crippen molar-refractivity contribution in [2.24, 2.45) is 11.8 Å². The first-order valence-corrected chi connectivity index (χ1v) is 12.9. The van der Waals surface area contributed by atoms with Crippen molar-refractivity contribution in [2.75, 3.05) is 0 Å². The van der Waals surface area contributed by atoms with E-state index in [-0.39, 0.29) is 16.5 Å². The monoisotopic (exact) mass is 476 g/mol. The maximum absolute atomic E-state index is 15.3. The number of fused-ring (bicyclic) bond motifs is 1. The summed E-state index contributed by atoms with van der Waals surface area (Å²) in [6.07, 6.45) is 17.6. The molecule has 4 rings (SSSR count). The van der Waals surface area contributed by atoms with Gasteiger partial charge in [0.25, 0.3) is 0 Å². The Morgan fingerprint density at radius 3 is 2.11 bits per heavy atom. The largest absolute Gasteiger partial charge is 0.206 e. The molecule has 0 atom stereocenters. The van der Waals surface area contributed by atoms with Crippen LogP contribution in [0.25, 0.3) is 28.0 Å². The number of hydrogen-bond acceptors (Lipinski definition) is 0. The average Bonchev–Trinajstić information content (AvgIpc) is 2.87. The molecule has 0 bridgehead atoms. The van der Waals surface area contributed by atoms with Gasteiger partial charge >= 0.3 is 0 Å². The minimum Gasteiger partial charge on any atom is -0.206 e. The molecule has 3 heteroatoms. The van der Waals surface area contributed by atoms with Crippen molar-refractivity contribution in [1.82, 2.24) is 0 Å². The lowest BCUT2D eigenvalue weighted by Crippen LogP contribution is -2.15. The molecule has 184 valence electrons. The van der Waals surface area contributed by atoms with Gasteiger partial charge in [-0.05, 0) is 73.9 Å². The Kier molecular flexibility index (Phi) is 8.49. The zero-order valence-corrected chi connectivity index (χ0v) is 20.8. The highest BCUT2D eigenvalue weighted by molar-refractivity contribution is 5.90. The summed E-state index contributed by atoms with van der Waals surface area (Å²) < 4.78 is 44.5. The van der Waals surface area contributed by atoms with Gasteiger partial charge in [-0.25, -0.2) is 13.2 Å². The lowest BCUT2D eigenvalue weighted by atomic mass is 9.78. The second-order valence-corrected chi connectivity index (χ2v) is 9.89. The quantitative estimate of drug-likeness (QED) is 0.284. The SMILES string of the molecule is C/C=C/CCC1CCC(CCc2ccc(-c3ccc4cc(/C=C/C)c(F)c(F)c4c3F)cc2)CC1. The van der Waals surface area contributed by atoms with Crippen LogP contribution >= 0.6 is 0 Å². The third-order valence-electron chi connectivity index (χ3n) is 7.55. The van der Waals surface area contributed by atoms with Crippen molar-refractivity contribution >= 4 is 16.8 Å². The zero-order valence-electron chi connectivity index (χ0n) is 20.8. The topological polar surface area (TPSA) is 0 Å². The van der Waals surface area contributed by atoms with E-state index in [2.05, 4.69) is 19.1 Å². The van der Waals surface area contributed by atoms with Crippen LogP contribution < -0.4 is 0 Å². The summed E-state index contributed by atoms with van der Waals surface area (Å²) in [4.78, 5) is 0. The molecule has 1 aliphatic carbocycles. The maximum atomic E-state index is 15.3. The van der Waals surface area contributed by atoms with E-state index in [1.165, 1.54) is 62.7 Å². The standard InChI is InChI=1S/C32H35F3/c1-3-5-6-8-22-9-11-23(12-10-22)13-14-24-15-17-25(18-16-24)28-20-19-26-21-27(7-4-2)30(33)32(35)29(26)31(28)34/h3-5,7,15-23H,6,8-14H2,1-2H3/b5-3+,7-4+. The van der Waals surface area contributed by atoms with Crippen molar-refractivity contribution in [3.8, 4) is 11.1 Å². The molecule has 1 aliphatic rings. The molecule has 0 aromatic heterocycles. The van der Waals surface area contributed by atoms with Gasteiger partial charge in [-0.3, -0.25) is 0 Å². The predicted molar refractivity (Wildman–Crippen MR) is 142 cm³/mol. The highest BCUT2D eigenvalue weighted by Gasteiger charge is 2.21. The Morgan fingerprint density at radius 2 is 1.46 bits per heavy atom. The molecule has 1 fully saturated rings. The lowest BCUT2D eigenvalue weighted by molar-refractivity contribution is 0.254. The molecule has 0 heterocycles. The van der Waals surface area contributed by atoms with Crippen molar-refractivity contribution in [3.05, 3.63) is 89.3 Å². The average molecular weight is 477 g/mol. The van der Waals surface area contributed by atoms with Crippen LogP contribution in [0.3, 0.4) is 0 Å². The fraction of sp³-hybridized carbons (Fsp3) is 0.375. The third kappa shape index (κ3) is 5.89. The molecule has 0 nitrogen and oxygen atoms in total. The summed E-state index contributed by atoms with van der Waals surface area (Å²) in [7, 11) is 0. The van der Waals surface area contributed by atoms with Crippen molar-refractivity contribution in [2.45, 2.75) is 65.2 Å². The van der Waals surface area contributed by atoms with Crippen LogP contribution in [0.5, 0.6) is 0 Å².